The Labute approximate surface area is 189 Å². The summed E-state index contributed by atoms with van der Waals surface area (Å²) in [7, 11) is 0. The average Bonchev–Trinajstić information content (AvgIpc) is 2.80. The third-order valence-corrected chi connectivity index (χ3v) is 6.39. The molecule has 5 nitrogen and oxygen atoms in total. The van der Waals surface area contributed by atoms with E-state index >= 15 is 0 Å². The zero-order chi connectivity index (χ0) is 23.6. The molecule has 0 amide bonds. The Morgan fingerprint density at radius 2 is 1.94 bits per heavy atom. The first kappa shape index (κ1) is 23.5. The Bertz CT molecular complexity index is 1040. The Morgan fingerprint density at radius 3 is 2.55 bits per heavy atom. The standard InChI is InChI=1S/C24H25F4N3O2/c25-21-13-17(2-3-18(21)14-29)20-12-16(11-19-15-30-7-10-33-19)1-4-22(20)31-8-5-23(32,6-9-31)24(26,27)28/h1-4,12-13,19,30,32H,5-11,15H2. The number of anilines is 1. The minimum Gasteiger partial charge on any atom is -0.380 e. The number of nitrogens with zero attached hydrogens (tertiary/aromatic N) is 2. The Morgan fingerprint density at radius 1 is 1.18 bits per heavy atom. The van der Waals surface area contributed by atoms with E-state index < -0.39 is 30.4 Å². The van der Waals surface area contributed by atoms with Crippen LogP contribution in [0.1, 0.15) is 24.0 Å². The smallest absolute Gasteiger partial charge is 0.380 e. The van der Waals surface area contributed by atoms with Gasteiger partial charge in [0.1, 0.15) is 11.9 Å². The van der Waals surface area contributed by atoms with Gasteiger partial charge in [-0.05, 0) is 41.8 Å². The fourth-order valence-corrected chi connectivity index (χ4v) is 4.41. The number of halogens is 4. The van der Waals surface area contributed by atoms with Crippen molar-refractivity contribution in [3.63, 3.8) is 0 Å². The number of rotatable bonds is 4. The summed E-state index contributed by atoms with van der Waals surface area (Å²) in [5.74, 6) is -0.656. The maximum Gasteiger partial charge on any atom is 0.417 e. The molecule has 2 heterocycles. The van der Waals surface area contributed by atoms with E-state index in [1.165, 1.54) is 12.1 Å². The van der Waals surface area contributed by atoms with Gasteiger partial charge in [0.25, 0.3) is 0 Å². The maximum absolute atomic E-state index is 14.4. The SMILES string of the molecule is N#Cc1ccc(-c2cc(CC3CNCCO3)ccc2N2CCC(O)(C(F)(F)F)CC2)cc1F. The van der Waals surface area contributed by atoms with E-state index in [1.807, 2.05) is 18.2 Å². The van der Waals surface area contributed by atoms with Crippen molar-refractivity contribution < 1.29 is 27.4 Å². The van der Waals surface area contributed by atoms with Gasteiger partial charge >= 0.3 is 6.18 Å². The number of ether oxygens (including phenoxy) is 1. The van der Waals surface area contributed by atoms with Crippen molar-refractivity contribution in [3.8, 4) is 17.2 Å². The largest absolute Gasteiger partial charge is 0.417 e. The number of hydrogen-bond acceptors (Lipinski definition) is 5. The van der Waals surface area contributed by atoms with Crippen molar-refractivity contribution in [1.82, 2.24) is 5.32 Å². The molecule has 176 valence electrons. The lowest BCUT2D eigenvalue weighted by atomic mass is 9.89. The van der Waals surface area contributed by atoms with Crippen LogP contribution in [0.3, 0.4) is 0 Å². The van der Waals surface area contributed by atoms with Crippen molar-refractivity contribution in [2.24, 2.45) is 0 Å². The summed E-state index contributed by atoms with van der Waals surface area (Å²) in [4.78, 5) is 1.79. The van der Waals surface area contributed by atoms with Crippen molar-refractivity contribution in [3.05, 3.63) is 53.3 Å². The fraction of sp³-hybridized carbons (Fsp3) is 0.458. The molecule has 0 saturated carbocycles. The van der Waals surface area contributed by atoms with E-state index in [4.69, 9.17) is 10.00 Å². The second-order valence-electron chi connectivity index (χ2n) is 8.58. The summed E-state index contributed by atoms with van der Waals surface area (Å²) >= 11 is 0. The van der Waals surface area contributed by atoms with E-state index in [1.54, 1.807) is 17.0 Å². The molecule has 1 unspecified atom stereocenters. The molecule has 0 radical (unpaired) electrons. The topological polar surface area (TPSA) is 68.5 Å². The molecular formula is C24H25F4N3O2. The van der Waals surface area contributed by atoms with Gasteiger partial charge < -0.3 is 20.1 Å². The third-order valence-electron chi connectivity index (χ3n) is 6.39. The highest BCUT2D eigenvalue weighted by atomic mass is 19.4. The maximum atomic E-state index is 14.4. The number of morpholine rings is 1. The normalized spacial score (nSPS) is 21.0. The van der Waals surface area contributed by atoms with Gasteiger partial charge in [0.2, 0.25) is 0 Å². The Hall–Kier alpha value is -2.67. The van der Waals surface area contributed by atoms with Crippen LogP contribution in [0.5, 0.6) is 0 Å². The average molecular weight is 463 g/mol. The first-order valence-corrected chi connectivity index (χ1v) is 10.9. The monoisotopic (exact) mass is 463 g/mol. The molecule has 0 aliphatic carbocycles. The van der Waals surface area contributed by atoms with Gasteiger partial charge in [-0.25, -0.2) is 4.39 Å². The van der Waals surface area contributed by atoms with Gasteiger partial charge in [-0.15, -0.1) is 0 Å². The number of alkyl halides is 3. The van der Waals surface area contributed by atoms with E-state index in [0.29, 0.717) is 36.4 Å². The van der Waals surface area contributed by atoms with Crippen LogP contribution in [0.15, 0.2) is 36.4 Å². The van der Waals surface area contributed by atoms with Crippen LogP contribution < -0.4 is 10.2 Å². The van der Waals surface area contributed by atoms with Crippen molar-refractivity contribution in [1.29, 1.82) is 5.26 Å². The van der Waals surface area contributed by atoms with Gasteiger partial charge in [-0.3, -0.25) is 0 Å². The predicted octanol–water partition coefficient (Wildman–Crippen LogP) is 3.79. The molecule has 2 aromatic carbocycles. The van der Waals surface area contributed by atoms with Crippen LogP contribution >= 0.6 is 0 Å². The van der Waals surface area contributed by atoms with E-state index in [0.717, 1.165) is 12.1 Å². The van der Waals surface area contributed by atoms with Gasteiger partial charge in [-0.2, -0.15) is 18.4 Å². The molecule has 4 rings (SSSR count). The predicted molar refractivity (Wildman–Crippen MR) is 115 cm³/mol. The van der Waals surface area contributed by atoms with Crippen LogP contribution in [0, 0.1) is 17.1 Å². The fourth-order valence-electron chi connectivity index (χ4n) is 4.41. The van der Waals surface area contributed by atoms with E-state index in [2.05, 4.69) is 5.32 Å². The molecule has 9 heteroatoms. The lowest BCUT2D eigenvalue weighted by Crippen LogP contribution is -2.53. The molecule has 1 atom stereocenters. The molecular weight excluding hydrogens is 438 g/mol. The van der Waals surface area contributed by atoms with Crippen LogP contribution in [0.2, 0.25) is 0 Å². The van der Waals surface area contributed by atoms with Gasteiger partial charge in [0.15, 0.2) is 5.60 Å². The van der Waals surface area contributed by atoms with Crippen LogP contribution in [0.4, 0.5) is 23.2 Å². The Kier molecular flexibility index (Phi) is 6.61. The molecule has 2 aromatic rings. The van der Waals surface area contributed by atoms with Crippen molar-refractivity contribution >= 4 is 5.69 Å². The first-order chi connectivity index (χ1) is 15.7. The summed E-state index contributed by atoms with van der Waals surface area (Å²) < 4.78 is 59.9. The molecule has 2 fully saturated rings. The molecule has 2 aliphatic rings. The quantitative estimate of drug-likeness (QED) is 0.676. The number of nitrogens with one attached hydrogen (secondary N) is 1. The highest BCUT2D eigenvalue weighted by molar-refractivity contribution is 5.80. The molecule has 0 bridgehead atoms. The summed E-state index contributed by atoms with van der Waals surface area (Å²) in [5.41, 5.74) is 0.0343. The zero-order valence-electron chi connectivity index (χ0n) is 18.0. The number of benzene rings is 2. The molecule has 0 spiro atoms. The number of nitriles is 1. The third kappa shape index (κ3) is 4.98. The summed E-state index contributed by atoms with van der Waals surface area (Å²) in [6.07, 6.45) is -4.95. The first-order valence-electron chi connectivity index (χ1n) is 10.9. The van der Waals surface area contributed by atoms with Gasteiger partial charge in [-0.1, -0.05) is 12.1 Å². The van der Waals surface area contributed by atoms with Gasteiger partial charge in [0, 0.05) is 50.3 Å². The van der Waals surface area contributed by atoms with Crippen molar-refractivity contribution in [2.45, 2.75) is 37.1 Å². The van der Waals surface area contributed by atoms with Gasteiger partial charge in [0.05, 0.1) is 18.3 Å². The second-order valence-corrected chi connectivity index (χ2v) is 8.58. The highest BCUT2D eigenvalue weighted by Crippen LogP contribution is 2.41. The second kappa shape index (κ2) is 9.29. The van der Waals surface area contributed by atoms with Crippen LogP contribution in [0.25, 0.3) is 11.1 Å². The Balaban J connectivity index is 1.66. The zero-order valence-corrected chi connectivity index (χ0v) is 18.0. The minimum absolute atomic E-state index is 0.00747. The van der Waals surface area contributed by atoms with Crippen LogP contribution in [-0.4, -0.2) is 55.8 Å². The van der Waals surface area contributed by atoms with Crippen molar-refractivity contribution in [2.75, 3.05) is 37.7 Å². The van der Waals surface area contributed by atoms with Crippen LogP contribution in [-0.2, 0) is 11.2 Å². The molecule has 2 N–H and O–H groups in total. The number of hydrogen-bond donors (Lipinski definition) is 2. The molecule has 2 saturated heterocycles. The minimum atomic E-state index is -4.68. The molecule has 33 heavy (non-hydrogen) atoms. The highest BCUT2D eigenvalue weighted by Gasteiger charge is 2.54. The lowest BCUT2D eigenvalue weighted by Gasteiger charge is -2.40. The van der Waals surface area contributed by atoms with E-state index in [9.17, 15) is 22.7 Å². The molecule has 2 aliphatic heterocycles. The summed E-state index contributed by atoms with van der Waals surface area (Å²) in [5, 5.41) is 22.3. The number of aliphatic hydroxyl groups is 1. The summed E-state index contributed by atoms with van der Waals surface area (Å²) in [6, 6.07) is 11.7. The lowest BCUT2D eigenvalue weighted by molar-refractivity contribution is -0.266. The molecule has 0 aromatic heterocycles. The summed E-state index contributed by atoms with van der Waals surface area (Å²) in [6.45, 7) is 2.15. The van der Waals surface area contributed by atoms with E-state index in [-0.39, 0.29) is 24.8 Å². The number of piperidine rings is 1.